The highest BCUT2D eigenvalue weighted by Crippen LogP contribution is 2.27. The molecule has 0 radical (unpaired) electrons. The summed E-state index contributed by atoms with van der Waals surface area (Å²) in [6.07, 6.45) is 0. The molecule has 2 rings (SSSR count). The first-order chi connectivity index (χ1) is 9.86. The van der Waals surface area contributed by atoms with E-state index in [1.807, 2.05) is 19.9 Å². The maximum atomic E-state index is 12.5. The van der Waals surface area contributed by atoms with Crippen LogP contribution in [-0.4, -0.2) is 47.4 Å². The van der Waals surface area contributed by atoms with Crippen LogP contribution in [0.3, 0.4) is 0 Å². The number of nitriles is 1. The number of hydrogen-bond donors (Lipinski definition) is 0. The number of hydrogen-bond acceptors (Lipinski definition) is 3. The molecule has 1 fully saturated rings. The Morgan fingerprint density at radius 1 is 1.33 bits per heavy atom. The molecule has 1 amide bonds. The Kier molecular flexibility index (Phi) is 4.92. The Morgan fingerprint density at radius 3 is 2.52 bits per heavy atom. The fourth-order valence-electron chi connectivity index (χ4n) is 2.38. The molecule has 0 bridgehead atoms. The van der Waals surface area contributed by atoms with Crippen molar-refractivity contribution >= 4 is 33.4 Å². The van der Waals surface area contributed by atoms with E-state index in [0.29, 0.717) is 36.8 Å². The summed E-state index contributed by atoms with van der Waals surface area (Å²) >= 11 is 9.52. The third-order valence-corrected chi connectivity index (χ3v) is 5.11. The molecule has 4 nitrogen and oxygen atoms in total. The molecule has 112 valence electrons. The number of nitrogens with zero attached hydrogens (tertiary/aromatic N) is 3. The van der Waals surface area contributed by atoms with Crippen molar-refractivity contribution in [2.24, 2.45) is 0 Å². The predicted molar refractivity (Wildman–Crippen MR) is 86.3 cm³/mol. The molecule has 0 saturated carbocycles. The summed E-state index contributed by atoms with van der Waals surface area (Å²) in [4.78, 5) is 16.4. The van der Waals surface area contributed by atoms with Crippen LogP contribution < -0.4 is 0 Å². The molecule has 0 N–H and O–H groups in total. The van der Waals surface area contributed by atoms with Crippen LogP contribution in [0.1, 0.15) is 24.2 Å². The average molecular weight is 371 g/mol. The molecule has 1 heterocycles. The lowest BCUT2D eigenvalue weighted by atomic mass is 10.0. The first-order valence-corrected chi connectivity index (χ1v) is 7.93. The molecule has 1 aromatic rings. The van der Waals surface area contributed by atoms with Gasteiger partial charge < -0.3 is 4.90 Å². The van der Waals surface area contributed by atoms with E-state index < -0.39 is 5.54 Å². The van der Waals surface area contributed by atoms with Crippen molar-refractivity contribution in [3.63, 3.8) is 0 Å². The van der Waals surface area contributed by atoms with Crippen molar-refractivity contribution in [1.29, 1.82) is 5.26 Å². The van der Waals surface area contributed by atoms with Crippen LogP contribution in [0.2, 0.25) is 5.02 Å². The molecule has 1 aliphatic rings. The van der Waals surface area contributed by atoms with Gasteiger partial charge in [-0.25, -0.2) is 0 Å². The third kappa shape index (κ3) is 3.39. The van der Waals surface area contributed by atoms with Gasteiger partial charge in [0.2, 0.25) is 0 Å². The van der Waals surface area contributed by atoms with Gasteiger partial charge >= 0.3 is 0 Å². The third-order valence-electron chi connectivity index (χ3n) is 3.81. The van der Waals surface area contributed by atoms with Crippen molar-refractivity contribution in [3.05, 3.63) is 33.3 Å². The summed E-state index contributed by atoms with van der Waals surface area (Å²) in [6.45, 7) is 6.39. The molecule has 1 saturated heterocycles. The SMILES string of the molecule is CC(C)(C#N)N1CCN(C(=O)c2cccc(Br)c2Cl)CC1. The molecule has 0 spiro atoms. The number of carbonyl (C=O) groups excluding carboxylic acids is 1. The topological polar surface area (TPSA) is 47.3 Å². The van der Waals surface area contributed by atoms with Crippen LogP contribution in [0, 0.1) is 11.3 Å². The van der Waals surface area contributed by atoms with Crippen LogP contribution in [0.15, 0.2) is 22.7 Å². The summed E-state index contributed by atoms with van der Waals surface area (Å²) in [5, 5.41) is 9.62. The van der Waals surface area contributed by atoms with E-state index in [1.54, 1.807) is 17.0 Å². The van der Waals surface area contributed by atoms with E-state index in [4.69, 9.17) is 11.6 Å². The van der Waals surface area contributed by atoms with Crippen molar-refractivity contribution < 1.29 is 4.79 Å². The van der Waals surface area contributed by atoms with E-state index in [2.05, 4.69) is 26.9 Å². The molecule has 0 aromatic heterocycles. The van der Waals surface area contributed by atoms with Gasteiger partial charge in [-0.1, -0.05) is 17.7 Å². The molecule has 0 unspecified atom stereocenters. The summed E-state index contributed by atoms with van der Waals surface area (Å²) in [7, 11) is 0. The van der Waals surface area contributed by atoms with Gasteiger partial charge in [0.25, 0.3) is 5.91 Å². The van der Waals surface area contributed by atoms with E-state index in [1.165, 1.54) is 0 Å². The summed E-state index contributed by atoms with van der Waals surface area (Å²) < 4.78 is 0.722. The zero-order valence-electron chi connectivity index (χ0n) is 12.1. The number of halogens is 2. The molecular weight excluding hydrogens is 354 g/mol. The molecular formula is C15H17BrClN3O. The van der Waals surface area contributed by atoms with Crippen molar-refractivity contribution in [1.82, 2.24) is 9.80 Å². The van der Waals surface area contributed by atoms with Gasteiger partial charge in [-0.05, 0) is 41.9 Å². The van der Waals surface area contributed by atoms with Crippen molar-refractivity contribution in [2.45, 2.75) is 19.4 Å². The van der Waals surface area contributed by atoms with Gasteiger partial charge in [-0.2, -0.15) is 5.26 Å². The van der Waals surface area contributed by atoms with E-state index in [9.17, 15) is 10.1 Å². The highest BCUT2D eigenvalue weighted by molar-refractivity contribution is 9.10. The van der Waals surface area contributed by atoms with Crippen LogP contribution in [-0.2, 0) is 0 Å². The predicted octanol–water partition coefficient (Wildman–Crippen LogP) is 3.16. The Morgan fingerprint density at radius 2 is 1.95 bits per heavy atom. The Balaban J connectivity index is 2.08. The lowest BCUT2D eigenvalue weighted by molar-refractivity contribution is 0.0521. The largest absolute Gasteiger partial charge is 0.336 e. The zero-order valence-corrected chi connectivity index (χ0v) is 14.4. The second-order valence-corrected chi connectivity index (χ2v) is 6.78. The summed E-state index contributed by atoms with van der Waals surface area (Å²) in [5.74, 6) is -0.0595. The quantitative estimate of drug-likeness (QED) is 0.803. The van der Waals surface area contributed by atoms with Crippen LogP contribution in [0.25, 0.3) is 0 Å². The van der Waals surface area contributed by atoms with Crippen LogP contribution in [0.5, 0.6) is 0 Å². The Hall–Kier alpha value is -1.09. The monoisotopic (exact) mass is 369 g/mol. The first kappa shape index (κ1) is 16.3. The second-order valence-electron chi connectivity index (χ2n) is 5.55. The van der Waals surface area contributed by atoms with Gasteiger partial charge in [0, 0.05) is 30.7 Å². The van der Waals surface area contributed by atoms with Gasteiger partial charge in [-0.3, -0.25) is 9.69 Å². The number of amides is 1. The minimum atomic E-state index is -0.497. The minimum absolute atomic E-state index is 0.0595. The fourth-order valence-corrected chi connectivity index (χ4v) is 2.95. The smallest absolute Gasteiger partial charge is 0.255 e. The highest BCUT2D eigenvalue weighted by atomic mass is 79.9. The average Bonchev–Trinajstić information content (AvgIpc) is 2.49. The lowest BCUT2D eigenvalue weighted by Crippen LogP contribution is -2.55. The fraction of sp³-hybridized carbons (Fsp3) is 0.467. The number of carbonyl (C=O) groups is 1. The molecule has 1 aromatic carbocycles. The lowest BCUT2D eigenvalue weighted by Gasteiger charge is -2.40. The van der Waals surface area contributed by atoms with Crippen LogP contribution >= 0.6 is 27.5 Å². The van der Waals surface area contributed by atoms with E-state index in [0.717, 1.165) is 4.47 Å². The van der Waals surface area contributed by atoms with E-state index >= 15 is 0 Å². The standard InChI is InChI=1S/C15H17BrClN3O/c1-15(2,10-18)20-8-6-19(7-9-20)14(21)11-4-3-5-12(16)13(11)17/h3-5H,6-9H2,1-2H3. The molecule has 1 aliphatic heterocycles. The summed E-state index contributed by atoms with van der Waals surface area (Å²) in [5.41, 5.74) is 0.0155. The zero-order chi connectivity index (χ0) is 15.6. The maximum absolute atomic E-state index is 12.5. The Labute approximate surface area is 138 Å². The normalized spacial score (nSPS) is 16.6. The van der Waals surface area contributed by atoms with Gasteiger partial charge in [-0.15, -0.1) is 0 Å². The molecule has 6 heteroatoms. The number of benzene rings is 1. The van der Waals surface area contributed by atoms with Crippen LogP contribution in [0.4, 0.5) is 0 Å². The highest BCUT2D eigenvalue weighted by Gasteiger charge is 2.31. The van der Waals surface area contributed by atoms with E-state index in [-0.39, 0.29) is 5.91 Å². The second kappa shape index (κ2) is 6.35. The number of piperazine rings is 1. The van der Waals surface area contributed by atoms with Gasteiger partial charge in [0.05, 0.1) is 16.7 Å². The Bertz CT molecular complexity index is 589. The van der Waals surface area contributed by atoms with Crippen molar-refractivity contribution in [2.75, 3.05) is 26.2 Å². The minimum Gasteiger partial charge on any atom is -0.336 e. The van der Waals surface area contributed by atoms with Gasteiger partial charge in [0.15, 0.2) is 0 Å². The van der Waals surface area contributed by atoms with Gasteiger partial charge in [0.1, 0.15) is 5.54 Å². The first-order valence-electron chi connectivity index (χ1n) is 6.76. The summed E-state index contributed by atoms with van der Waals surface area (Å²) in [6, 6.07) is 7.65. The number of rotatable bonds is 2. The molecule has 21 heavy (non-hydrogen) atoms. The maximum Gasteiger partial charge on any atom is 0.255 e. The molecule has 0 atom stereocenters. The molecule has 0 aliphatic carbocycles. The van der Waals surface area contributed by atoms with Crippen molar-refractivity contribution in [3.8, 4) is 6.07 Å².